The van der Waals surface area contributed by atoms with E-state index in [0.717, 1.165) is 0 Å². The van der Waals surface area contributed by atoms with Crippen LogP contribution in [0.1, 0.15) is 25.5 Å². The molecule has 0 radical (unpaired) electrons. The van der Waals surface area contributed by atoms with E-state index in [9.17, 15) is 14.7 Å². The maximum Gasteiger partial charge on any atom is 0.325 e. The van der Waals surface area contributed by atoms with E-state index in [1.165, 1.54) is 0 Å². The molecule has 2 amide bonds. The molecule has 7 heteroatoms. The third-order valence-electron chi connectivity index (χ3n) is 3.03. The van der Waals surface area contributed by atoms with Crippen LogP contribution in [0.15, 0.2) is 24.3 Å². The van der Waals surface area contributed by atoms with Gasteiger partial charge in [-0.25, -0.2) is 4.79 Å². The summed E-state index contributed by atoms with van der Waals surface area (Å²) in [4.78, 5) is 24.5. The van der Waals surface area contributed by atoms with Gasteiger partial charge < -0.3 is 20.8 Å². The maximum absolute atomic E-state index is 11.6. The number of carbonyl (C=O) groups is 2. The Morgan fingerprint density at radius 1 is 1.23 bits per heavy atom. The van der Waals surface area contributed by atoms with Crippen molar-refractivity contribution in [3.8, 4) is 0 Å². The number of rotatable bonds is 7. The van der Waals surface area contributed by atoms with Crippen molar-refractivity contribution in [2.45, 2.75) is 25.9 Å². The Hall–Kier alpha value is -2.12. The number of carboxylic acid groups (broad SMARTS) is 1. The van der Waals surface area contributed by atoms with Crippen molar-refractivity contribution in [2.24, 2.45) is 0 Å². The molecule has 0 bridgehead atoms. The van der Waals surface area contributed by atoms with Crippen molar-refractivity contribution < 1.29 is 19.8 Å². The first-order chi connectivity index (χ1) is 10.3. The van der Waals surface area contributed by atoms with E-state index in [1.54, 1.807) is 36.2 Å². The molecular weight excluding hydrogens is 286 g/mol. The zero-order valence-corrected chi connectivity index (χ0v) is 13.0. The van der Waals surface area contributed by atoms with Crippen molar-refractivity contribution in [2.75, 3.05) is 25.5 Å². The number of amides is 2. The van der Waals surface area contributed by atoms with Gasteiger partial charge in [0.25, 0.3) is 0 Å². The molecule has 0 heterocycles. The van der Waals surface area contributed by atoms with Crippen LogP contribution in [0.3, 0.4) is 0 Å². The minimum atomic E-state index is -0.991. The number of nitrogens with one attached hydrogen (secondary N) is 2. The molecule has 1 aromatic rings. The highest BCUT2D eigenvalue weighted by Crippen LogP contribution is 2.21. The average molecular weight is 309 g/mol. The highest BCUT2D eigenvalue weighted by Gasteiger charge is 2.24. The van der Waals surface area contributed by atoms with Crippen molar-refractivity contribution in [3.05, 3.63) is 29.8 Å². The number of carboxylic acids is 1. The summed E-state index contributed by atoms with van der Waals surface area (Å²) >= 11 is 0. The molecule has 0 saturated carbocycles. The lowest BCUT2D eigenvalue weighted by Crippen LogP contribution is -2.34. The van der Waals surface area contributed by atoms with Crippen molar-refractivity contribution in [1.29, 1.82) is 0 Å². The van der Waals surface area contributed by atoms with Crippen LogP contribution in [0, 0.1) is 0 Å². The summed E-state index contributed by atoms with van der Waals surface area (Å²) in [5, 5.41) is 23.6. The number of benzene rings is 1. The van der Waals surface area contributed by atoms with Gasteiger partial charge in [0.15, 0.2) is 0 Å². The fourth-order valence-corrected chi connectivity index (χ4v) is 2.05. The van der Waals surface area contributed by atoms with Crippen LogP contribution < -0.4 is 10.6 Å². The van der Waals surface area contributed by atoms with Crippen LogP contribution in [0.5, 0.6) is 0 Å². The van der Waals surface area contributed by atoms with Gasteiger partial charge in [0.05, 0.1) is 6.61 Å². The van der Waals surface area contributed by atoms with Crippen LogP contribution in [-0.2, 0) is 4.79 Å². The number of nitrogens with zero attached hydrogens (tertiary/aromatic N) is 1. The Morgan fingerprint density at radius 3 is 2.27 bits per heavy atom. The van der Waals surface area contributed by atoms with Crippen molar-refractivity contribution >= 4 is 17.7 Å². The van der Waals surface area contributed by atoms with Gasteiger partial charge in [0.2, 0.25) is 0 Å². The molecule has 22 heavy (non-hydrogen) atoms. The fraction of sp³-hybridized carbons (Fsp3) is 0.467. The summed E-state index contributed by atoms with van der Waals surface area (Å²) < 4.78 is 0. The summed E-state index contributed by atoms with van der Waals surface area (Å²) in [5.41, 5.74) is 1.16. The Labute approximate surface area is 129 Å². The molecule has 0 saturated heterocycles. The summed E-state index contributed by atoms with van der Waals surface area (Å²) in [5.74, 6) is -0.991. The second-order valence-electron chi connectivity index (χ2n) is 5.32. The van der Waals surface area contributed by atoms with E-state index in [4.69, 9.17) is 5.11 Å². The standard InChI is InChI=1S/C15H23N3O4/c1-10(2)16-15(22)17-12-6-4-11(5-7-12)13(14(20)21)18(3)8-9-19/h4-7,10,13,19H,8-9H2,1-3H3,(H,20,21)(H2,16,17,22). The Morgan fingerprint density at radius 2 is 1.82 bits per heavy atom. The number of likely N-dealkylation sites (N-methyl/N-ethyl adjacent to an activating group) is 1. The monoisotopic (exact) mass is 309 g/mol. The van der Waals surface area contributed by atoms with Gasteiger partial charge in [-0.05, 0) is 38.6 Å². The van der Waals surface area contributed by atoms with Gasteiger partial charge in [-0.1, -0.05) is 12.1 Å². The number of aliphatic hydroxyl groups is 1. The zero-order valence-electron chi connectivity index (χ0n) is 13.0. The first-order valence-electron chi connectivity index (χ1n) is 7.06. The third kappa shape index (κ3) is 5.34. The maximum atomic E-state index is 11.6. The van der Waals surface area contributed by atoms with E-state index in [-0.39, 0.29) is 25.2 Å². The molecule has 7 nitrogen and oxygen atoms in total. The largest absolute Gasteiger partial charge is 0.480 e. The minimum Gasteiger partial charge on any atom is -0.480 e. The Balaban J connectivity index is 2.81. The van der Waals surface area contributed by atoms with Crippen molar-refractivity contribution in [1.82, 2.24) is 10.2 Å². The highest BCUT2D eigenvalue weighted by molar-refractivity contribution is 5.89. The summed E-state index contributed by atoms with van der Waals surface area (Å²) in [6, 6.07) is 5.48. The predicted octanol–water partition coefficient (Wildman–Crippen LogP) is 1.27. The molecule has 1 atom stereocenters. The van der Waals surface area contributed by atoms with Crippen LogP contribution in [0.4, 0.5) is 10.5 Å². The quantitative estimate of drug-likeness (QED) is 0.607. The lowest BCUT2D eigenvalue weighted by molar-refractivity contribution is -0.143. The molecule has 0 aliphatic rings. The summed E-state index contributed by atoms with van der Waals surface area (Å²) in [7, 11) is 1.64. The minimum absolute atomic E-state index is 0.0304. The first-order valence-corrected chi connectivity index (χ1v) is 7.06. The molecule has 0 aliphatic carbocycles. The lowest BCUT2D eigenvalue weighted by atomic mass is 10.1. The summed E-state index contributed by atoms with van der Waals surface area (Å²) in [6.45, 7) is 3.86. The van der Waals surface area contributed by atoms with Gasteiger partial charge in [-0.15, -0.1) is 0 Å². The van der Waals surface area contributed by atoms with Crippen LogP contribution in [-0.4, -0.2) is 53.4 Å². The normalized spacial score (nSPS) is 12.3. The fourth-order valence-electron chi connectivity index (χ4n) is 2.05. The molecule has 122 valence electrons. The van der Waals surface area contributed by atoms with Gasteiger partial charge in [-0.3, -0.25) is 9.69 Å². The predicted molar refractivity (Wildman–Crippen MR) is 83.8 cm³/mol. The SMILES string of the molecule is CC(C)NC(=O)Nc1ccc(C(C(=O)O)N(C)CCO)cc1. The average Bonchev–Trinajstić information content (AvgIpc) is 2.39. The van der Waals surface area contributed by atoms with Gasteiger partial charge in [0, 0.05) is 18.3 Å². The molecular formula is C15H23N3O4. The highest BCUT2D eigenvalue weighted by atomic mass is 16.4. The molecule has 1 aromatic carbocycles. The van der Waals surface area contributed by atoms with E-state index in [1.807, 2.05) is 13.8 Å². The van der Waals surface area contributed by atoms with E-state index in [2.05, 4.69) is 10.6 Å². The number of aliphatic carboxylic acids is 1. The lowest BCUT2D eigenvalue weighted by Gasteiger charge is -2.24. The number of anilines is 1. The molecule has 0 spiro atoms. The van der Waals surface area contributed by atoms with Crippen molar-refractivity contribution in [3.63, 3.8) is 0 Å². The molecule has 1 unspecified atom stereocenters. The van der Waals surface area contributed by atoms with E-state index < -0.39 is 12.0 Å². The number of carbonyl (C=O) groups excluding carboxylic acids is 1. The first kappa shape index (κ1) is 17.9. The molecule has 0 aromatic heterocycles. The van der Waals surface area contributed by atoms with Gasteiger partial charge >= 0.3 is 12.0 Å². The van der Waals surface area contributed by atoms with E-state index in [0.29, 0.717) is 11.3 Å². The van der Waals surface area contributed by atoms with Gasteiger partial charge in [-0.2, -0.15) is 0 Å². The second-order valence-corrected chi connectivity index (χ2v) is 5.32. The summed E-state index contributed by atoms with van der Waals surface area (Å²) in [6.07, 6.45) is 0. The number of hydrogen-bond acceptors (Lipinski definition) is 4. The molecule has 0 aliphatic heterocycles. The van der Waals surface area contributed by atoms with Crippen LogP contribution in [0.2, 0.25) is 0 Å². The molecule has 0 fully saturated rings. The zero-order chi connectivity index (χ0) is 16.7. The number of hydrogen-bond donors (Lipinski definition) is 4. The van der Waals surface area contributed by atoms with Crippen LogP contribution in [0.25, 0.3) is 0 Å². The smallest absolute Gasteiger partial charge is 0.325 e. The number of urea groups is 1. The van der Waals surface area contributed by atoms with Crippen LogP contribution >= 0.6 is 0 Å². The Kier molecular flexibility index (Phi) is 6.81. The number of aliphatic hydroxyl groups excluding tert-OH is 1. The van der Waals surface area contributed by atoms with E-state index >= 15 is 0 Å². The third-order valence-corrected chi connectivity index (χ3v) is 3.03. The molecule has 1 rings (SSSR count). The molecule has 4 N–H and O–H groups in total. The Bertz CT molecular complexity index is 502. The van der Waals surface area contributed by atoms with Gasteiger partial charge in [0.1, 0.15) is 6.04 Å². The topological polar surface area (TPSA) is 102 Å². The second kappa shape index (κ2) is 8.35.